The molecule has 1 aliphatic rings. The van der Waals surface area contributed by atoms with Crippen molar-refractivity contribution in [3.63, 3.8) is 0 Å². The molecule has 1 fully saturated rings. The van der Waals surface area contributed by atoms with E-state index in [0.29, 0.717) is 19.3 Å². The van der Waals surface area contributed by atoms with E-state index < -0.39 is 42.0 Å². The fraction of sp³-hybridized carbons (Fsp3) is 0.577. The molecule has 0 aliphatic heterocycles. The number of allylic oxidation sites excluding steroid dienone is 2. The van der Waals surface area contributed by atoms with Gasteiger partial charge in [-0.2, -0.15) is 13.2 Å². The third kappa shape index (κ3) is 10.4. The number of carbonyl (C=O) groups is 1. The Morgan fingerprint density at radius 3 is 2.57 bits per heavy atom. The van der Waals surface area contributed by atoms with Crippen LogP contribution in [0.15, 0.2) is 48.6 Å². The highest BCUT2D eigenvalue weighted by Gasteiger charge is 2.39. The van der Waals surface area contributed by atoms with Crippen molar-refractivity contribution < 1.29 is 48.2 Å². The number of alkyl halides is 3. The van der Waals surface area contributed by atoms with Crippen molar-refractivity contribution in [3.8, 4) is 5.75 Å². The molecule has 1 aromatic rings. The van der Waals surface area contributed by atoms with Gasteiger partial charge in [0.2, 0.25) is 5.91 Å². The Kier molecular flexibility index (Phi) is 12.6. The summed E-state index contributed by atoms with van der Waals surface area (Å²) < 4.78 is 43.7. The number of ether oxygens (including phenoxy) is 1. The van der Waals surface area contributed by atoms with Crippen molar-refractivity contribution in [2.24, 2.45) is 11.8 Å². The van der Waals surface area contributed by atoms with Crippen LogP contribution < -0.4 is 10.1 Å². The van der Waals surface area contributed by atoms with Crippen LogP contribution in [0.25, 0.3) is 0 Å². The molecule has 0 radical (unpaired) electrons. The molecule has 0 unspecified atom stereocenters. The molecular formula is C26H36F3NO7. The second-order valence-corrected chi connectivity index (χ2v) is 9.13. The number of aliphatic hydroxyl groups excluding tert-OH is 5. The molecule has 2 rings (SSSR count). The lowest BCUT2D eigenvalue weighted by Crippen LogP contribution is -2.39. The van der Waals surface area contributed by atoms with Gasteiger partial charge in [0.1, 0.15) is 18.5 Å². The SMILES string of the molecule is O=C(CCC/C=C/C[C@@H]1[C@@H](/C=C/[C@@H](O)COc2cccc(C(F)(F)F)c2)[C@H](O)C[C@@H]1O)NC(CO)CO. The van der Waals surface area contributed by atoms with Crippen LogP contribution in [-0.4, -0.2) is 75.6 Å². The summed E-state index contributed by atoms with van der Waals surface area (Å²) in [7, 11) is 0. The van der Waals surface area contributed by atoms with E-state index in [1.165, 1.54) is 18.2 Å². The van der Waals surface area contributed by atoms with Crippen LogP contribution in [0.2, 0.25) is 0 Å². The normalized spacial score (nSPS) is 23.3. The maximum Gasteiger partial charge on any atom is 0.416 e. The predicted octanol–water partition coefficient (Wildman–Crippen LogP) is 1.95. The monoisotopic (exact) mass is 531 g/mol. The van der Waals surface area contributed by atoms with Crippen molar-refractivity contribution in [2.45, 2.75) is 62.6 Å². The van der Waals surface area contributed by atoms with E-state index in [-0.39, 0.29) is 50.2 Å². The number of amides is 1. The van der Waals surface area contributed by atoms with Crippen LogP contribution in [0.3, 0.4) is 0 Å². The van der Waals surface area contributed by atoms with E-state index in [4.69, 9.17) is 14.9 Å². The highest BCUT2D eigenvalue weighted by atomic mass is 19.4. The van der Waals surface area contributed by atoms with Crippen molar-refractivity contribution in [1.82, 2.24) is 5.32 Å². The largest absolute Gasteiger partial charge is 0.491 e. The van der Waals surface area contributed by atoms with Gasteiger partial charge in [-0.3, -0.25) is 4.79 Å². The summed E-state index contributed by atoms with van der Waals surface area (Å²) in [5.41, 5.74) is -0.853. The number of unbranched alkanes of at least 4 members (excludes halogenated alkanes) is 1. The summed E-state index contributed by atoms with van der Waals surface area (Å²) in [5.74, 6) is -1.02. The first-order valence-corrected chi connectivity index (χ1v) is 12.2. The van der Waals surface area contributed by atoms with Gasteiger partial charge in [-0.1, -0.05) is 30.4 Å². The first-order chi connectivity index (χ1) is 17.5. The molecule has 1 aliphatic carbocycles. The molecule has 1 aromatic carbocycles. The van der Waals surface area contributed by atoms with Crippen LogP contribution in [-0.2, 0) is 11.0 Å². The van der Waals surface area contributed by atoms with Gasteiger partial charge in [0, 0.05) is 18.8 Å². The quantitative estimate of drug-likeness (QED) is 0.159. The van der Waals surface area contributed by atoms with E-state index in [9.17, 15) is 33.3 Å². The molecule has 208 valence electrons. The Bertz CT molecular complexity index is 889. The zero-order chi connectivity index (χ0) is 27.4. The van der Waals surface area contributed by atoms with E-state index in [1.54, 1.807) is 6.08 Å². The summed E-state index contributed by atoms with van der Waals surface area (Å²) in [6.07, 6.45) is 1.61. The third-order valence-corrected chi connectivity index (χ3v) is 6.21. The lowest BCUT2D eigenvalue weighted by Gasteiger charge is -2.19. The summed E-state index contributed by atoms with van der Waals surface area (Å²) in [6.45, 7) is -0.959. The van der Waals surface area contributed by atoms with Gasteiger partial charge in [0.05, 0.1) is 37.0 Å². The Balaban J connectivity index is 1.80. The second-order valence-electron chi connectivity index (χ2n) is 9.13. The molecular weight excluding hydrogens is 495 g/mol. The summed E-state index contributed by atoms with van der Waals surface area (Å²) in [4.78, 5) is 11.7. The average Bonchev–Trinajstić information content (AvgIpc) is 3.13. The maximum atomic E-state index is 12.8. The Morgan fingerprint density at radius 1 is 1.16 bits per heavy atom. The number of rotatable bonds is 14. The number of halogens is 3. The van der Waals surface area contributed by atoms with Crippen molar-refractivity contribution >= 4 is 5.91 Å². The van der Waals surface area contributed by atoms with Crippen LogP contribution in [0, 0.1) is 11.8 Å². The van der Waals surface area contributed by atoms with Gasteiger partial charge in [0.15, 0.2) is 0 Å². The molecule has 1 saturated carbocycles. The van der Waals surface area contributed by atoms with Crippen LogP contribution >= 0.6 is 0 Å². The molecule has 0 heterocycles. The van der Waals surface area contributed by atoms with Crippen molar-refractivity contribution in [3.05, 3.63) is 54.1 Å². The highest BCUT2D eigenvalue weighted by Crippen LogP contribution is 2.36. The van der Waals surface area contributed by atoms with Crippen LogP contribution in [0.1, 0.15) is 37.7 Å². The van der Waals surface area contributed by atoms with Gasteiger partial charge < -0.3 is 35.6 Å². The van der Waals surface area contributed by atoms with Crippen molar-refractivity contribution in [2.75, 3.05) is 19.8 Å². The fourth-order valence-electron chi connectivity index (χ4n) is 4.16. The molecule has 0 bridgehead atoms. The molecule has 8 nitrogen and oxygen atoms in total. The molecule has 1 amide bonds. The molecule has 0 aromatic heterocycles. The number of hydrogen-bond acceptors (Lipinski definition) is 7. The minimum atomic E-state index is -4.50. The minimum Gasteiger partial charge on any atom is -0.491 e. The lowest BCUT2D eigenvalue weighted by molar-refractivity contribution is -0.137. The predicted molar refractivity (Wildman–Crippen MR) is 129 cm³/mol. The van der Waals surface area contributed by atoms with Gasteiger partial charge in [-0.15, -0.1) is 0 Å². The first-order valence-electron chi connectivity index (χ1n) is 12.2. The lowest BCUT2D eigenvalue weighted by atomic mass is 9.89. The van der Waals surface area contributed by atoms with E-state index in [2.05, 4.69) is 5.32 Å². The zero-order valence-electron chi connectivity index (χ0n) is 20.4. The molecule has 0 saturated heterocycles. The second kappa shape index (κ2) is 15.1. The summed E-state index contributed by atoms with van der Waals surface area (Å²) in [6, 6.07) is 3.68. The average molecular weight is 532 g/mol. The van der Waals surface area contributed by atoms with E-state index >= 15 is 0 Å². The van der Waals surface area contributed by atoms with Crippen LogP contribution in [0.5, 0.6) is 5.75 Å². The molecule has 0 spiro atoms. The number of hydrogen-bond donors (Lipinski definition) is 6. The zero-order valence-corrected chi connectivity index (χ0v) is 20.4. The Morgan fingerprint density at radius 2 is 1.89 bits per heavy atom. The number of carbonyl (C=O) groups excluding carboxylic acids is 1. The highest BCUT2D eigenvalue weighted by molar-refractivity contribution is 5.76. The molecule has 5 atom stereocenters. The Hall–Kier alpha value is -2.44. The summed E-state index contributed by atoms with van der Waals surface area (Å²) in [5, 5.41) is 51.3. The first kappa shape index (κ1) is 30.8. The number of nitrogens with one attached hydrogen (secondary N) is 1. The number of benzene rings is 1. The molecule has 37 heavy (non-hydrogen) atoms. The number of aliphatic hydroxyl groups is 5. The standard InChI is InChI=1S/C26H36F3NO7/c27-26(28,29)17-6-5-7-20(12-17)37-16-19(33)10-11-22-21(23(34)13-24(22)35)8-3-1-2-4-9-25(36)30-18(14-31)15-32/h1,3,5-7,10-12,18-19,21-24,31-35H,2,4,8-9,13-16H2,(H,30,36)/b3-1+,11-10+/t19-,21-,22-,23+,24-/m1/s1. The topological polar surface area (TPSA) is 139 Å². The van der Waals surface area contributed by atoms with Crippen molar-refractivity contribution in [1.29, 1.82) is 0 Å². The van der Waals surface area contributed by atoms with E-state index in [0.717, 1.165) is 12.1 Å². The van der Waals surface area contributed by atoms with Gasteiger partial charge in [-0.05, 0) is 43.4 Å². The Labute approximate surface area is 214 Å². The van der Waals surface area contributed by atoms with Gasteiger partial charge in [-0.25, -0.2) is 0 Å². The van der Waals surface area contributed by atoms with Crippen LogP contribution in [0.4, 0.5) is 13.2 Å². The van der Waals surface area contributed by atoms with Gasteiger partial charge in [0.25, 0.3) is 0 Å². The summed E-state index contributed by atoms with van der Waals surface area (Å²) >= 11 is 0. The molecule has 11 heteroatoms. The van der Waals surface area contributed by atoms with E-state index in [1.807, 2.05) is 12.2 Å². The smallest absolute Gasteiger partial charge is 0.416 e. The third-order valence-electron chi connectivity index (χ3n) is 6.21. The van der Waals surface area contributed by atoms with Gasteiger partial charge >= 0.3 is 6.18 Å². The fourth-order valence-corrected chi connectivity index (χ4v) is 4.16. The maximum absolute atomic E-state index is 12.8. The minimum absolute atomic E-state index is 0.0271. The molecule has 6 N–H and O–H groups in total.